The summed E-state index contributed by atoms with van der Waals surface area (Å²) in [5, 5.41) is 3.28. The molecule has 1 N–H and O–H groups in total. The van der Waals surface area contributed by atoms with E-state index in [-0.39, 0.29) is 25.1 Å². The van der Waals surface area contributed by atoms with Gasteiger partial charge in [-0.15, -0.1) is 0 Å². The van der Waals surface area contributed by atoms with Crippen molar-refractivity contribution in [2.75, 3.05) is 31.7 Å². The number of nitrogens with zero attached hydrogens (tertiary/aromatic N) is 1. The fourth-order valence-electron chi connectivity index (χ4n) is 3.29. The summed E-state index contributed by atoms with van der Waals surface area (Å²) in [4.78, 5) is 26.3. The Hall–Kier alpha value is -3.48. The van der Waals surface area contributed by atoms with E-state index in [1.54, 1.807) is 36.2 Å². The molecule has 33 heavy (non-hydrogen) atoms. The number of carbonyl (C=O) groups is 2. The largest absolute Gasteiger partial charge is 0.461 e. The van der Waals surface area contributed by atoms with Gasteiger partial charge in [-0.25, -0.2) is 4.79 Å². The molecule has 0 spiro atoms. The number of esters is 1. The number of carbonyl (C=O) groups excluding carboxylic acids is 2. The first-order valence-electron chi connectivity index (χ1n) is 10.9. The summed E-state index contributed by atoms with van der Waals surface area (Å²) in [5.74, 6) is -0.455. The molecule has 0 fully saturated rings. The maximum atomic E-state index is 12.7. The Morgan fingerprint density at radius 1 is 0.939 bits per heavy atom. The van der Waals surface area contributed by atoms with Gasteiger partial charge in [0.15, 0.2) is 0 Å². The first-order chi connectivity index (χ1) is 16.0. The third-order valence-corrected chi connectivity index (χ3v) is 5.15. The van der Waals surface area contributed by atoms with Crippen LogP contribution in [0.2, 0.25) is 0 Å². The van der Waals surface area contributed by atoms with Gasteiger partial charge < -0.3 is 19.7 Å². The van der Waals surface area contributed by atoms with Crippen LogP contribution in [-0.4, -0.2) is 38.7 Å². The number of amides is 1. The SMILES string of the molecule is Cc1ccc(CNCCOC(=O)c2ccccc2)c(N(C)C(=O)COCc2ccccc2)c1. The third kappa shape index (κ3) is 7.56. The van der Waals surface area contributed by atoms with Gasteiger partial charge in [-0.05, 0) is 41.8 Å². The molecular weight excluding hydrogens is 416 g/mol. The van der Waals surface area contributed by atoms with Gasteiger partial charge in [0.25, 0.3) is 5.91 Å². The van der Waals surface area contributed by atoms with E-state index < -0.39 is 0 Å². The standard InChI is InChI=1S/C27H30N2O4/c1-21-13-14-24(18-28-15-16-33-27(31)23-11-7-4-8-12-23)25(17-21)29(2)26(30)20-32-19-22-9-5-3-6-10-22/h3-14,17,28H,15-16,18-20H2,1-2H3. The van der Waals surface area contributed by atoms with Crippen LogP contribution in [0.5, 0.6) is 0 Å². The van der Waals surface area contributed by atoms with E-state index >= 15 is 0 Å². The molecule has 1 amide bonds. The van der Waals surface area contributed by atoms with Gasteiger partial charge in [-0.2, -0.15) is 0 Å². The van der Waals surface area contributed by atoms with Crippen LogP contribution in [0.3, 0.4) is 0 Å². The monoisotopic (exact) mass is 446 g/mol. The lowest BCUT2D eigenvalue weighted by atomic mass is 10.1. The highest BCUT2D eigenvalue weighted by molar-refractivity contribution is 5.94. The van der Waals surface area contributed by atoms with Crippen molar-refractivity contribution in [2.45, 2.75) is 20.1 Å². The summed E-state index contributed by atoms with van der Waals surface area (Å²) in [6.45, 7) is 3.70. The van der Waals surface area contributed by atoms with Crippen molar-refractivity contribution in [1.29, 1.82) is 0 Å². The highest BCUT2D eigenvalue weighted by Crippen LogP contribution is 2.21. The van der Waals surface area contributed by atoms with Crippen LogP contribution in [0, 0.1) is 6.92 Å². The molecule has 6 heteroatoms. The van der Waals surface area contributed by atoms with E-state index in [9.17, 15) is 9.59 Å². The molecule has 6 nitrogen and oxygen atoms in total. The number of hydrogen-bond acceptors (Lipinski definition) is 5. The Bertz CT molecular complexity index is 1040. The Labute approximate surface area is 195 Å². The maximum Gasteiger partial charge on any atom is 0.338 e. The molecule has 0 aliphatic carbocycles. The molecule has 3 rings (SSSR count). The quantitative estimate of drug-likeness (QED) is 0.355. The highest BCUT2D eigenvalue weighted by Gasteiger charge is 2.15. The van der Waals surface area contributed by atoms with Crippen molar-refractivity contribution in [2.24, 2.45) is 0 Å². The van der Waals surface area contributed by atoms with E-state index in [2.05, 4.69) is 5.32 Å². The Balaban J connectivity index is 1.48. The average Bonchev–Trinajstić information content (AvgIpc) is 2.85. The summed E-state index contributed by atoms with van der Waals surface area (Å²) in [7, 11) is 1.76. The predicted molar refractivity (Wildman–Crippen MR) is 129 cm³/mol. The minimum absolute atomic E-state index is 0.00163. The normalized spacial score (nSPS) is 10.6. The van der Waals surface area contributed by atoms with Crippen LogP contribution in [0.1, 0.15) is 27.0 Å². The van der Waals surface area contributed by atoms with Crippen LogP contribution >= 0.6 is 0 Å². The van der Waals surface area contributed by atoms with Crippen LogP contribution in [0.15, 0.2) is 78.9 Å². The van der Waals surface area contributed by atoms with Gasteiger partial charge in [0, 0.05) is 25.8 Å². The van der Waals surface area contributed by atoms with Gasteiger partial charge in [0.1, 0.15) is 13.2 Å². The smallest absolute Gasteiger partial charge is 0.338 e. The number of nitrogens with one attached hydrogen (secondary N) is 1. The minimum atomic E-state index is -0.339. The molecule has 3 aromatic rings. The van der Waals surface area contributed by atoms with Crippen LogP contribution in [0.4, 0.5) is 5.69 Å². The number of rotatable bonds is 11. The summed E-state index contributed by atoms with van der Waals surface area (Å²) in [6.07, 6.45) is 0. The Kier molecular flexibility index (Phi) is 9.18. The van der Waals surface area contributed by atoms with E-state index in [0.717, 1.165) is 22.4 Å². The lowest BCUT2D eigenvalue weighted by Gasteiger charge is -2.22. The zero-order valence-electron chi connectivity index (χ0n) is 19.1. The number of ether oxygens (including phenoxy) is 2. The van der Waals surface area contributed by atoms with Crippen molar-refractivity contribution >= 4 is 17.6 Å². The van der Waals surface area contributed by atoms with Crippen LogP contribution < -0.4 is 10.2 Å². The second kappa shape index (κ2) is 12.5. The zero-order chi connectivity index (χ0) is 23.5. The first-order valence-corrected chi connectivity index (χ1v) is 10.9. The van der Waals surface area contributed by atoms with Crippen LogP contribution in [-0.2, 0) is 27.4 Å². The molecule has 0 heterocycles. The average molecular weight is 447 g/mol. The van der Waals surface area contributed by atoms with Crippen molar-refractivity contribution in [3.05, 3.63) is 101 Å². The number of likely N-dealkylation sites (N-methyl/N-ethyl adjacent to an activating group) is 1. The molecule has 0 unspecified atom stereocenters. The molecule has 0 aliphatic heterocycles. The van der Waals surface area contributed by atoms with Crippen LogP contribution in [0.25, 0.3) is 0 Å². The fourth-order valence-corrected chi connectivity index (χ4v) is 3.29. The molecule has 0 atom stereocenters. The van der Waals surface area contributed by atoms with Crippen molar-refractivity contribution in [3.8, 4) is 0 Å². The van der Waals surface area contributed by atoms with E-state index in [1.165, 1.54) is 0 Å². The molecule has 0 aromatic heterocycles. The first kappa shape index (κ1) is 24.2. The summed E-state index contributed by atoms with van der Waals surface area (Å²) < 4.78 is 10.9. The lowest BCUT2D eigenvalue weighted by molar-refractivity contribution is -0.123. The lowest BCUT2D eigenvalue weighted by Crippen LogP contribution is -2.31. The van der Waals surface area contributed by atoms with Gasteiger partial charge in [0.05, 0.1) is 12.2 Å². The van der Waals surface area contributed by atoms with E-state index in [4.69, 9.17) is 9.47 Å². The van der Waals surface area contributed by atoms with Gasteiger partial charge >= 0.3 is 5.97 Å². The van der Waals surface area contributed by atoms with Crippen molar-refractivity contribution < 1.29 is 19.1 Å². The summed E-state index contributed by atoms with van der Waals surface area (Å²) >= 11 is 0. The van der Waals surface area contributed by atoms with Crippen molar-refractivity contribution in [1.82, 2.24) is 5.32 Å². The minimum Gasteiger partial charge on any atom is -0.461 e. The van der Waals surface area contributed by atoms with Gasteiger partial charge in [0.2, 0.25) is 0 Å². The summed E-state index contributed by atoms with van der Waals surface area (Å²) in [5.41, 5.74) is 4.44. The highest BCUT2D eigenvalue weighted by atomic mass is 16.5. The molecule has 0 saturated carbocycles. The molecule has 0 bridgehead atoms. The fraction of sp³-hybridized carbons (Fsp3) is 0.259. The second-order valence-electron chi connectivity index (χ2n) is 7.74. The van der Waals surface area contributed by atoms with E-state index in [0.29, 0.717) is 25.3 Å². The number of hydrogen-bond donors (Lipinski definition) is 1. The third-order valence-electron chi connectivity index (χ3n) is 5.15. The second-order valence-corrected chi connectivity index (χ2v) is 7.74. The summed E-state index contributed by atoms with van der Waals surface area (Å²) in [6, 6.07) is 24.7. The number of benzene rings is 3. The Morgan fingerprint density at radius 3 is 2.36 bits per heavy atom. The molecule has 0 aliphatic rings. The van der Waals surface area contributed by atoms with Gasteiger partial charge in [-0.1, -0.05) is 60.7 Å². The number of anilines is 1. The maximum absolute atomic E-state index is 12.7. The molecular formula is C27H30N2O4. The molecule has 0 radical (unpaired) electrons. The molecule has 3 aromatic carbocycles. The molecule has 172 valence electrons. The topological polar surface area (TPSA) is 67.9 Å². The Morgan fingerprint density at radius 2 is 1.64 bits per heavy atom. The van der Waals surface area contributed by atoms with Gasteiger partial charge in [-0.3, -0.25) is 4.79 Å². The van der Waals surface area contributed by atoms with E-state index in [1.807, 2.05) is 61.5 Å². The number of aryl methyl sites for hydroxylation is 1. The predicted octanol–water partition coefficient (Wildman–Crippen LogP) is 4.12. The zero-order valence-corrected chi connectivity index (χ0v) is 19.1. The van der Waals surface area contributed by atoms with Crippen molar-refractivity contribution in [3.63, 3.8) is 0 Å². The molecule has 0 saturated heterocycles.